The zero-order chi connectivity index (χ0) is 30.5. The van der Waals surface area contributed by atoms with Crippen molar-refractivity contribution in [3.8, 4) is 11.7 Å². The zero-order valence-corrected chi connectivity index (χ0v) is 25.5. The van der Waals surface area contributed by atoms with Crippen LogP contribution in [0.5, 0.6) is 5.88 Å². The summed E-state index contributed by atoms with van der Waals surface area (Å²) in [5.74, 6) is 0.682. The summed E-state index contributed by atoms with van der Waals surface area (Å²) in [6.45, 7) is 7.92. The predicted octanol–water partition coefficient (Wildman–Crippen LogP) is 5.84. The Balaban J connectivity index is 1.24. The summed E-state index contributed by atoms with van der Waals surface area (Å²) in [5.41, 5.74) is 5.25. The minimum absolute atomic E-state index is 0.0438. The van der Waals surface area contributed by atoms with Crippen molar-refractivity contribution in [2.45, 2.75) is 71.0 Å². The standard InChI is InChI=1S/C28H37ClF3N7O2S/c1-18(34-12-4-5-19-15-26(2,3)35-17-19)21(16-33)42-38-25(40)20-6-7-22(36-24(20)29)39-13-8-23(37-39)41-14-11-27(9-10-27)28(30,31)32/h6-8,13,16,19,35H,4-5,9-12,14-15,17,33H2,1-3H3,(H,38,40)/t19-/m0/s1. The minimum Gasteiger partial charge on any atom is -0.477 e. The number of halogens is 4. The Morgan fingerprint density at radius 2 is 2.12 bits per heavy atom. The first-order chi connectivity index (χ1) is 19.8. The van der Waals surface area contributed by atoms with Crippen molar-refractivity contribution in [2.75, 3.05) is 19.7 Å². The Labute approximate surface area is 253 Å². The van der Waals surface area contributed by atoms with Gasteiger partial charge in [0.15, 0.2) is 5.82 Å². The van der Waals surface area contributed by atoms with Gasteiger partial charge in [-0.15, -0.1) is 5.10 Å². The van der Waals surface area contributed by atoms with E-state index in [0.717, 1.165) is 43.5 Å². The van der Waals surface area contributed by atoms with Crippen LogP contribution >= 0.6 is 23.5 Å². The minimum atomic E-state index is -4.22. The van der Waals surface area contributed by atoms with Gasteiger partial charge in [0, 0.05) is 36.3 Å². The van der Waals surface area contributed by atoms with E-state index in [1.165, 1.54) is 23.0 Å². The van der Waals surface area contributed by atoms with Crippen molar-refractivity contribution in [3.63, 3.8) is 0 Å². The molecule has 0 bridgehead atoms. The maximum absolute atomic E-state index is 13.1. The lowest BCUT2D eigenvalue weighted by Gasteiger charge is -2.18. The van der Waals surface area contributed by atoms with Gasteiger partial charge < -0.3 is 15.8 Å². The molecule has 4 rings (SSSR count). The van der Waals surface area contributed by atoms with Gasteiger partial charge in [0.25, 0.3) is 5.91 Å². The van der Waals surface area contributed by atoms with E-state index in [2.05, 4.69) is 39.0 Å². The van der Waals surface area contributed by atoms with E-state index in [1.807, 2.05) is 6.92 Å². The maximum Gasteiger partial charge on any atom is 0.394 e. The molecule has 9 nitrogen and oxygen atoms in total. The number of nitrogens with two attached hydrogens (primary N) is 1. The van der Waals surface area contributed by atoms with E-state index in [-0.39, 0.29) is 48.0 Å². The third kappa shape index (κ3) is 8.19. The lowest BCUT2D eigenvalue weighted by atomic mass is 9.94. The molecule has 230 valence electrons. The number of ether oxygens (including phenoxy) is 1. The Morgan fingerprint density at radius 3 is 2.74 bits per heavy atom. The second kappa shape index (κ2) is 13.3. The molecule has 1 saturated carbocycles. The molecule has 0 aromatic carbocycles. The number of nitrogens with one attached hydrogen (secondary N) is 2. The van der Waals surface area contributed by atoms with Crippen LogP contribution in [-0.4, -0.2) is 57.8 Å². The number of carbonyl (C=O) groups is 1. The first-order valence-corrected chi connectivity index (χ1v) is 15.1. The summed E-state index contributed by atoms with van der Waals surface area (Å²) in [6.07, 6.45) is 2.12. The van der Waals surface area contributed by atoms with Crippen molar-refractivity contribution < 1.29 is 22.7 Å². The monoisotopic (exact) mass is 627 g/mol. The number of hydrogen-bond donors (Lipinski definition) is 3. The van der Waals surface area contributed by atoms with E-state index < -0.39 is 17.5 Å². The number of hydrogen-bond acceptors (Lipinski definition) is 8. The number of rotatable bonds is 13. The summed E-state index contributed by atoms with van der Waals surface area (Å²) in [5, 5.41) is 7.69. The Morgan fingerprint density at radius 1 is 1.36 bits per heavy atom. The summed E-state index contributed by atoms with van der Waals surface area (Å²) in [7, 11) is 0. The van der Waals surface area contributed by atoms with E-state index in [1.54, 1.807) is 12.3 Å². The van der Waals surface area contributed by atoms with Gasteiger partial charge in [-0.2, -0.15) is 13.2 Å². The normalized spacial score (nSPS) is 20.0. The molecule has 3 heterocycles. The second-order valence-corrected chi connectivity index (χ2v) is 12.7. The lowest BCUT2D eigenvalue weighted by molar-refractivity contribution is -0.190. The van der Waals surface area contributed by atoms with Crippen LogP contribution in [0, 0.1) is 11.3 Å². The van der Waals surface area contributed by atoms with Crippen molar-refractivity contribution in [1.82, 2.24) is 24.8 Å². The van der Waals surface area contributed by atoms with Crippen LogP contribution < -0.4 is 20.5 Å². The molecule has 0 spiro atoms. The molecule has 4 N–H and O–H groups in total. The van der Waals surface area contributed by atoms with Crippen LogP contribution in [0.3, 0.4) is 0 Å². The summed E-state index contributed by atoms with van der Waals surface area (Å²) in [4.78, 5) is 22.3. The SMILES string of the molecule is CC(=NCCC[C@@H]1CNC(C)(C)C1)C(=CN)SNC(=O)c1ccc(-n2ccc(OCCC3(C(F)(F)F)CC3)n2)nc1Cl. The van der Waals surface area contributed by atoms with E-state index in [4.69, 9.17) is 22.1 Å². The zero-order valence-electron chi connectivity index (χ0n) is 23.9. The number of carbonyl (C=O) groups excluding carboxylic acids is 1. The topological polar surface area (TPSA) is 119 Å². The van der Waals surface area contributed by atoms with Gasteiger partial charge in [0.1, 0.15) is 5.15 Å². The van der Waals surface area contributed by atoms with Gasteiger partial charge in [-0.25, -0.2) is 9.67 Å². The van der Waals surface area contributed by atoms with E-state index in [0.29, 0.717) is 23.2 Å². The average Bonchev–Trinajstić information content (AvgIpc) is 3.45. The molecule has 2 aromatic heterocycles. The van der Waals surface area contributed by atoms with Gasteiger partial charge in [0.2, 0.25) is 5.88 Å². The first kappa shape index (κ1) is 32.2. The number of alkyl halides is 3. The molecule has 2 fully saturated rings. The quantitative estimate of drug-likeness (QED) is 0.110. The van der Waals surface area contributed by atoms with Crippen molar-refractivity contribution in [1.29, 1.82) is 0 Å². The molecule has 42 heavy (non-hydrogen) atoms. The predicted molar refractivity (Wildman–Crippen MR) is 159 cm³/mol. The molecule has 1 amide bonds. The van der Waals surface area contributed by atoms with Crippen LogP contribution in [0.1, 0.15) is 69.7 Å². The molecular weight excluding hydrogens is 591 g/mol. The van der Waals surface area contributed by atoms with Gasteiger partial charge in [0.05, 0.1) is 22.5 Å². The molecule has 2 aromatic rings. The number of amides is 1. The Kier molecular flexibility index (Phi) is 10.1. The fourth-order valence-electron chi connectivity index (χ4n) is 4.99. The van der Waals surface area contributed by atoms with Crippen LogP contribution in [-0.2, 0) is 0 Å². The summed E-state index contributed by atoms with van der Waals surface area (Å²) in [6, 6.07) is 4.59. The fraction of sp³-hybridized carbons (Fsp3) is 0.571. The van der Waals surface area contributed by atoms with Crippen LogP contribution in [0.4, 0.5) is 13.2 Å². The van der Waals surface area contributed by atoms with Crippen LogP contribution in [0.2, 0.25) is 5.15 Å². The summed E-state index contributed by atoms with van der Waals surface area (Å²) >= 11 is 7.35. The van der Waals surface area contributed by atoms with Gasteiger partial charge in [-0.3, -0.25) is 14.5 Å². The molecule has 0 radical (unpaired) electrons. The number of nitrogens with zero attached hydrogens (tertiary/aromatic N) is 4. The van der Waals surface area contributed by atoms with E-state index in [9.17, 15) is 18.0 Å². The Bertz CT molecular complexity index is 1320. The van der Waals surface area contributed by atoms with Crippen molar-refractivity contribution >= 4 is 35.2 Å². The third-order valence-corrected chi connectivity index (χ3v) is 8.94. The van der Waals surface area contributed by atoms with Crippen molar-refractivity contribution in [3.05, 3.63) is 46.2 Å². The summed E-state index contributed by atoms with van der Waals surface area (Å²) < 4.78 is 48.8. The highest BCUT2D eigenvalue weighted by molar-refractivity contribution is 8.02. The van der Waals surface area contributed by atoms with Crippen LogP contribution in [0.25, 0.3) is 5.82 Å². The highest BCUT2D eigenvalue weighted by Gasteiger charge is 2.62. The molecular formula is C28H37ClF3N7O2S. The fourth-order valence-corrected chi connectivity index (χ4v) is 5.82. The molecule has 1 atom stereocenters. The lowest BCUT2D eigenvalue weighted by Crippen LogP contribution is -2.31. The first-order valence-electron chi connectivity index (χ1n) is 13.9. The average molecular weight is 628 g/mol. The van der Waals surface area contributed by atoms with Gasteiger partial charge in [-0.1, -0.05) is 11.6 Å². The second-order valence-electron chi connectivity index (χ2n) is 11.5. The molecule has 1 saturated heterocycles. The molecule has 1 aliphatic carbocycles. The third-order valence-electron chi connectivity index (χ3n) is 7.71. The van der Waals surface area contributed by atoms with Gasteiger partial charge in [-0.05, 0) is 95.8 Å². The number of aromatic nitrogens is 3. The van der Waals surface area contributed by atoms with E-state index >= 15 is 0 Å². The van der Waals surface area contributed by atoms with Crippen molar-refractivity contribution in [2.24, 2.45) is 22.1 Å². The highest BCUT2D eigenvalue weighted by Crippen LogP contribution is 2.59. The molecule has 0 unspecified atom stereocenters. The number of aliphatic imine (C=N–C) groups is 1. The van der Waals surface area contributed by atoms with Crippen LogP contribution in [0.15, 0.2) is 40.5 Å². The molecule has 2 aliphatic rings. The highest BCUT2D eigenvalue weighted by atomic mass is 35.5. The smallest absolute Gasteiger partial charge is 0.394 e. The maximum atomic E-state index is 13.1. The molecule has 1 aliphatic heterocycles. The van der Waals surface area contributed by atoms with Gasteiger partial charge >= 0.3 is 6.18 Å². The number of allylic oxidation sites excluding steroid dienone is 1. The molecule has 14 heteroatoms. The Hall–Kier alpha value is -2.77. The number of pyridine rings is 1. The largest absolute Gasteiger partial charge is 0.477 e.